The second-order valence-electron chi connectivity index (χ2n) is 3.37. The normalized spacial score (nSPS) is 13.3. The van der Waals surface area contributed by atoms with Gasteiger partial charge in [0.15, 0.2) is 0 Å². The first kappa shape index (κ1) is 8.90. The number of rotatable bonds is 3. The van der Waals surface area contributed by atoms with Gasteiger partial charge in [-0.3, -0.25) is 5.10 Å². The highest BCUT2D eigenvalue weighted by Gasteiger charge is 2.08. The van der Waals surface area contributed by atoms with Gasteiger partial charge in [-0.15, -0.1) is 0 Å². The molecule has 1 rings (SSSR count). The Kier molecular flexibility index (Phi) is 2.58. The summed E-state index contributed by atoms with van der Waals surface area (Å²) in [4.78, 5) is 0. The number of nitrogens with zero attached hydrogens (tertiary/aromatic N) is 1. The van der Waals surface area contributed by atoms with Crippen LogP contribution in [0, 0.1) is 5.92 Å². The Morgan fingerprint density at radius 2 is 2.17 bits per heavy atom. The second-order valence-corrected chi connectivity index (χ2v) is 3.37. The SMILES string of the molecule is CC(C)C(C)Nc1cn[nH]c1N. The zero-order chi connectivity index (χ0) is 9.14. The average Bonchev–Trinajstić information content (AvgIpc) is 2.36. The molecule has 0 bridgehead atoms. The Morgan fingerprint density at radius 1 is 1.50 bits per heavy atom. The van der Waals surface area contributed by atoms with Crippen molar-refractivity contribution in [3.63, 3.8) is 0 Å². The van der Waals surface area contributed by atoms with E-state index in [1.807, 2.05) is 0 Å². The highest BCUT2D eigenvalue weighted by molar-refractivity contribution is 5.60. The zero-order valence-corrected chi connectivity index (χ0v) is 7.76. The summed E-state index contributed by atoms with van der Waals surface area (Å²) in [7, 11) is 0. The van der Waals surface area contributed by atoms with E-state index in [2.05, 4.69) is 36.3 Å². The fourth-order valence-electron chi connectivity index (χ4n) is 0.823. The van der Waals surface area contributed by atoms with Crippen molar-refractivity contribution in [2.75, 3.05) is 11.1 Å². The van der Waals surface area contributed by atoms with Gasteiger partial charge < -0.3 is 11.1 Å². The summed E-state index contributed by atoms with van der Waals surface area (Å²) in [6, 6.07) is 0.407. The summed E-state index contributed by atoms with van der Waals surface area (Å²) in [5.74, 6) is 1.18. The molecule has 1 heterocycles. The summed E-state index contributed by atoms with van der Waals surface area (Å²) in [6.07, 6.45) is 1.70. The number of hydrogen-bond acceptors (Lipinski definition) is 3. The lowest BCUT2D eigenvalue weighted by Gasteiger charge is -2.17. The van der Waals surface area contributed by atoms with Crippen LogP contribution in [0.3, 0.4) is 0 Å². The van der Waals surface area contributed by atoms with Crippen LogP contribution in [0.1, 0.15) is 20.8 Å². The minimum atomic E-state index is 0.407. The molecule has 68 valence electrons. The third-order valence-corrected chi connectivity index (χ3v) is 2.05. The van der Waals surface area contributed by atoms with E-state index in [4.69, 9.17) is 5.73 Å². The topological polar surface area (TPSA) is 66.7 Å². The largest absolute Gasteiger partial charge is 0.382 e. The molecule has 1 unspecified atom stereocenters. The van der Waals surface area contributed by atoms with Crippen molar-refractivity contribution in [2.45, 2.75) is 26.8 Å². The van der Waals surface area contributed by atoms with Crippen molar-refractivity contribution in [2.24, 2.45) is 5.92 Å². The number of aromatic amines is 1. The molecule has 4 N–H and O–H groups in total. The molecule has 0 saturated heterocycles. The average molecular weight is 168 g/mol. The number of nitrogens with one attached hydrogen (secondary N) is 2. The number of H-pyrrole nitrogens is 1. The highest BCUT2D eigenvalue weighted by atomic mass is 15.2. The first-order valence-corrected chi connectivity index (χ1v) is 4.16. The Bertz CT molecular complexity index is 241. The molecule has 0 aliphatic heterocycles. The molecule has 12 heavy (non-hydrogen) atoms. The number of nitrogen functional groups attached to an aromatic ring is 1. The van der Waals surface area contributed by atoms with Crippen molar-refractivity contribution in [3.8, 4) is 0 Å². The fourth-order valence-corrected chi connectivity index (χ4v) is 0.823. The molecule has 1 aromatic rings. The van der Waals surface area contributed by atoms with Crippen LogP contribution in [0.25, 0.3) is 0 Å². The lowest BCUT2D eigenvalue weighted by molar-refractivity contribution is 0.560. The molecule has 1 aromatic heterocycles. The minimum Gasteiger partial charge on any atom is -0.382 e. The van der Waals surface area contributed by atoms with Crippen molar-refractivity contribution < 1.29 is 0 Å². The molecule has 0 radical (unpaired) electrons. The molecular formula is C8H16N4. The molecule has 4 heteroatoms. The van der Waals surface area contributed by atoms with Crippen LogP contribution in [-0.2, 0) is 0 Å². The quantitative estimate of drug-likeness (QED) is 0.640. The second kappa shape index (κ2) is 3.47. The summed E-state index contributed by atoms with van der Waals surface area (Å²) in [5.41, 5.74) is 6.49. The molecule has 0 amide bonds. The molecular weight excluding hydrogens is 152 g/mol. The van der Waals surface area contributed by atoms with E-state index in [9.17, 15) is 0 Å². The van der Waals surface area contributed by atoms with Gasteiger partial charge in [-0.1, -0.05) is 13.8 Å². The van der Waals surface area contributed by atoms with Gasteiger partial charge in [-0.2, -0.15) is 5.10 Å². The van der Waals surface area contributed by atoms with E-state index in [1.165, 1.54) is 0 Å². The van der Waals surface area contributed by atoms with Crippen LogP contribution < -0.4 is 11.1 Å². The van der Waals surface area contributed by atoms with Crippen molar-refractivity contribution in [1.29, 1.82) is 0 Å². The lowest BCUT2D eigenvalue weighted by atomic mass is 10.1. The predicted octanol–water partition coefficient (Wildman–Crippen LogP) is 1.45. The fraction of sp³-hybridized carbons (Fsp3) is 0.625. The van der Waals surface area contributed by atoms with Gasteiger partial charge in [0.2, 0.25) is 0 Å². The molecule has 0 spiro atoms. The van der Waals surface area contributed by atoms with E-state index in [0.29, 0.717) is 17.8 Å². The van der Waals surface area contributed by atoms with Gasteiger partial charge in [0.25, 0.3) is 0 Å². The zero-order valence-electron chi connectivity index (χ0n) is 7.76. The van der Waals surface area contributed by atoms with Gasteiger partial charge in [0.05, 0.1) is 11.9 Å². The smallest absolute Gasteiger partial charge is 0.142 e. The summed E-state index contributed by atoms with van der Waals surface area (Å²) < 4.78 is 0. The number of aromatic nitrogens is 2. The lowest BCUT2D eigenvalue weighted by Crippen LogP contribution is -2.21. The number of anilines is 2. The van der Waals surface area contributed by atoms with Gasteiger partial charge in [-0.05, 0) is 12.8 Å². The predicted molar refractivity (Wildman–Crippen MR) is 50.9 cm³/mol. The third kappa shape index (κ3) is 1.90. The summed E-state index contributed by atoms with van der Waals surface area (Å²) in [6.45, 7) is 6.44. The summed E-state index contributed by atoms with van der Waals surface area (Å²) in [5, 5.41) is 9.77. The number of nitrogens with two attached hydrogens (primary N) is 1. The van der Waals surface area contributed by atoms with Crippen LogP contribution in [0.5, 0.6) is 0 Å². The van der Waals surface area contributed by atoms with Crippen LogP contribution in [-0.4, -0.2) is 16.2 Å². The molecule has 0 aliphatic carbocycles. The Hall–Kier alpha value is -1.19. The van der Waals surface area contributed by atoms with E-state index in [-0.39, 0.29) is 0 Å². The first-order chi connectivity index (χ1) is 5.61. The standard InChI is InChI=1S/C8H16N4/c1-5(2)6(3)11-7-4-10-12-8(7)9/h4-6,11H,1-3H3,(H3,9,10,12). The third-order valence-electron chi connectivity index (χ3n) is 2.05. The molecule has 4 nitrogen and oxygen atoms in total. The van der Waals surface area contributed by atoms with Gasteiger partial charge in [0, 0.05) is 6.04 Å². The maximum absolute atomic E-state index is 5.61. The molecule has 0 saturated carbocycles. The summed E-state index contributed by atoms with van der Waals surface area (Å²) >= 11 is 0. The van der Waals surface area contributed by atoms with Crippen molar-refractivity contribution in [1.82, 2.24) is 10.2 Å². The monoisotopic (exact) mass is 168 g/mol. The van der Waals surface area contributed by atoms with Crippen molar-refractivity contribution in [3.05, 3.63) is 6.20 Å². The van der Waals surface area contributed by atoms with Gasteiger partial charge >= 0.3 is 0 Å². The molecule has 0 aromatic carbocycles. The highest BCUT2D eigenvalue weighted by Crippen LogP contribution is 2.16. The molecule has 0 aliphatic rings. The maximum atomic E-state index is 5.61. The first-order valence-electron chi connectivity index (χ1n) is 4.16. The van der Waals surface area contributed by atoms with Crippen LogP contribution in [0.2, 0.25) is 0 Å². The van der Waals surface area contributed by atoms with E-state index in [1.54, 1.807) is 6.20 Å². The Labute approximate surface area is 72.5 Å². The number of hydrogen-bond donors (Lipinski definition) is 3. The Morgan fingerprint density at radius 3 is 2.58 bits per heavy atom. The van der Waals surface area contributed by atoms with E-state index in [0.717, 1.165) is 5.69 Å². The molecule has 0 fully saturated rings. The minimum absolute atomic E-state index is 0.407. The van der Waals surface area contributed by atoms with Crippen LogP contribution in [0.15, 0.2) is 6.20 Å². The van der Waals surface area contributed by atoms with Crippen molar-refractivity contribution >= 4 is 11.5 Å². The van der Waals surface area contributed by atoms with Crippen LogP contribution in [0.4, 0.5) is 11.5 Å². The van der Waals surface area contributed by atoms with Gasteiger partial charge in [0.1, 0.15) is 5.82 Å². The van der Waals surface area contributed by atoms with E-state index < -0.39 is 0 Å². The Balaban J connectivity index is 2.58. The van der Waals surface area contributed by atoms with E-state index >= 15 is 0 Å². The maximum Gasteiger partial charge on any atom is 0.142 e. The van der Waals surface area contributed by atoms with Gasteiger partial charge in [-0.25, -0.2) is 0 Å². The molecule has 1 atom stereocenters. The van der Waals surface area contributed by atoms with Crippen LogP contribution >= 0.6 is 0 Å².